The van der Waals surface area contributed by atoms with Crippen molar-refractivity contribution < 1.29 is 13.2 Å². The zero-order valence-corrected chi connectivity index (χ0v) is 19.8. The van der Waals surface area contributed by atoms with Crippen molar-refractivity contribution in [2.45, 2.75) is 25.3 Å². The predicted molar refractivity (Wildman–Crippen MR) is 131 cm³/mol. The van der Waals surface area contributed by atoms with Crippen LogP contribution in [0.15, 0.2) is 76.4 Å². The summed E-state index contributed by atoms with van der Waals surface area (Å²) >= 11 is 0. The van der Waals surface area contributed by atoms with Gasteiger partial charge in [-0.05, 0) is 55.8 Å². The van der Waals surface area contributed by atoms with E-state index in [1.165, 1.54) is 11.0 Å². The van der Waals surface area contributed by atoms with E-state index in [9.17, 15) is 18.0 Å². The third-order valence-corrected chi connectivity index (χ3v) is 6.95. The lowest BCUT2D eigenvalue weighted by atomic mass is 10.1. The van der Waals surface area contributed by atoms with Gasteiger partial charge in [0.05, 0.1) is 22.3 Å². The van der Waals surface area contributed by atoms with Crippen LogP contribution in [0.3, 0.4) is 0 Å². The van der Waals surface area contributed by atoms with Gasteiger partial charge in [-0.25, -0.2) is 13.4 Å². The van der Waals surface area contributed by atoms with Gasteiger partial charge < -0.3 is 9.88 Å². The fraction of sp³-hybridized carbons (Fsp3) is 0.160. The van der Waals surface area contributed by atoms with E-state index in [0.29, 0.717) is 28.0 Å². The molecule has 1 aromatic heterocycles. The van der Waals surface area contributed by atoms with Gasteiger partial charge in [0.2, 0.25) is 0 Å². The van der Waals surface area contributed by atoms with E-state index in [4.69, 9.17) is 0 Å². The molecule has 8 nitrogen and oxygen atoms in total. The van der Waals surface area contributed by atoms with Crippen LogP contribution in [0.5, 0.6) is 0 Å². The summed E-state index contributed by atoms with van der Waals surface area (Å²) in [5.41, 5.74) is 2.42. The summed E-state index contributed by atoms with van der Waals surface area (Å²) in [4.78, 5) is 33.9. The monoisotopic (exact) mass is 476 g/mol. The van der Waals surface area contributed by atoms with Crippen molar-refractivity contribution in [3.8, 4) is 0 Å². The Morgan fingerprint density at radius 3 is 2.47 bits per heavy atom. The first kappa shape index (κ1) is 23.2. The summed E-state index contributed by atoms with van der Waals surface area (Å²) in [5, 5.41) is 0.467. The van der Waals surface area contributed by atoms with Gasteiger partial charge >= 0.3 is 0 Å². The van der Waals surface area contributed by atoms with E-state index in [0.717, 1.165) is 5.56 Å². The second-order valence-corrected chi connectivity index (χ2v) is 9.79. The molecule has 0 unspecified atom stereocenters. The fourth-order valence-electron chi connectivity index (χ4n) is 3.58. The van der Waals surface area contributed by atoms with Crippen LogP contribution in [0.2, 0.25) is 0 Å². The molecule has 2 N–H and O–H groups in total. The lowest BCUT2D eigenvalue weighted by Crippen LogP contribution is -2.28. The molecule has 4 aromatic rings. The normalized spacial score (nSPS) is 11.4. The first-order valence-electron chi connectivity index (χ1n) is 10.6. The van der Waals surface area contributed by atoms with E-state index in [1.54, 1.807) is 62.5 Å². The number of aromatic amines is 1. The van der Waals surface area contributed by atoms with Crippen LogP contribution < -0.4 is 10.3 Å². The number of anilines is 1. The molecular weight excluding hydrogens is 452 g/mol. The van der Waals surface area contributed by atoms with Gasteiger partial charge in [0.25, 0.3) is 21.5 Å². The number of carbonyl (C=O) groups is 1. The topological polar surface area (TPSA) is 112 Å². The number of para-hydroxylation sites is 1. The standard InChI is InChI=1S/C25H24N4O4S/c1-16-8-12-19(13-9-16)28-34(32,33)22-14-18(11-10-17(22)2)25(31)29(3)15-23-26-21-7-5-4-6-20(21)24(30)27-23/h4-14,28H,15H2,1-3H3,(H,26,27,30). The maximum absolute atomic E-state index is 13.1. The minimum absolute atomic E-state index is 0.0181. The Hall–Kier alpha value is -3.98. The van der Waals surface area contributed by atoms with E-state index in [1.807, 2.05) is 19.1 Å². The summed E-state index contributed by atoms with van der Waals surface area (Å²) in [7, 11) is -2.34. The number of hydrogen-bond donors (Lipinski definition) is 2. The lowest BCUT2D eigenvalue weighted by Gasteiger charge is -2.18. The minimum Gasteiger partial charge on any atom is -0.334 e. The van der Waals surface area contributed by atoms with Gasteiger partial charge in [0.1, 0.15) is 5.82 Å². The van der Waals surface area contributed by atoms with Crippen LogP contribution in [0.1, 0.15) is 27.3 Å². The molecular formula is C25H24N4O4S. The number of nitrogens with one attached hydrogen (secondary N) is 2. The molecule has 34 heavy (non-hydrogen) atoms. The highest BCUT2D eigenvalue weighted by atomic mass is 32.2. The number of aromatic nitrogens is 2. The first-order chi connectivity index (χ1) is 16.1. The average Bonchev–Trinajstić information content (AvgIpc) is 2.80. The van der Waals surface area contributed by atoms with Crippen LogP contribution in [0.25, 0.3) is 10.9 Å². The van der Waals surface area contributed by atoms with Crippen LogP contribution >= 0.6 is 0 Å². The largest absolute Gasteiger partial charge is 0.334 e. The predicted octanol–water partition coefficient (Wildman–Crippen LogP) is 3.61. The van der Waals surface area contributed by atoms with E-state index >= 15 is 0 Å². The molecule has 0 aliphatic carbocycles. The molecule has 0 aliphatic rings. The number of carbonyl (C=O) groups excluding carboxylic acids is 1. The Labute approximate surface area is 197 Å². The quantitative estimate of drug-likeness (QED) is 0.441. The Balaban J connectivity index is 1.58. The summed E-state index contributed by atoms with van der Waals surface area (Å²) in [6, 6.07) is 18.5. The minimum atomic E-state index is -3.91. The first-order valence-corrected chi connectivity index (χ1v) is 12.1. The summed E-state index contributed by atoms with van der Waals surface area (Å²) in [6.07, 6.45) is 0. The van der Waals surface area contributed by atoms with Crippen LogP contribution in [-0.4, -0.2) is 36.2 Å². The zero-order valence-electron chi connectivity index (χ0n) is 19.0. The van der Waals surface area contributed by atoms with Gasteiger partial charge in [-0.15, -0.1) is 0 Å². The molecule has 1 amide bonds. The van der Waals surface area contributed by atoms with Crippen molar-refractivity contribution in [3.05, 3.63) is 99.6 Å². The van der Waals surface area contributed by atoms with Crippen molar-refractivity contribution in [2.75, 3.05) is 11.8 Å². The van der Waals surface area contributed by atoms with Crippen LogP contribution in [-0.2, 0) is 16.6 Å². The number of amides is 1. The number of nitrogens with zero attached hydrogens (tertiary/aromatic N) is 2. The SMILES string of the molecule is Cc1ccc(NS(=O)(=O)c2cc(C(=O)N(C)Cc3nc4ccccc4c(=O)[nH]3)ccc2C)cc1. The Morgan fingerprint density at radius 1 is 1.03 bits per heavy atom. The second-order valence-electron chi connectivity index (χ2n) is 8.14. The number of sulfonamides is 1. The van der Waals surface area contributed by atoms with Crippen LogP contribution in [0.4, 0.5) is 5.69 Å². The molecule has 3 aromatic carbocycles. The third kappa shape index (κ3) is 4.84. The van der Waals surface area contributed by atoms with Crippen molar-refractivity contribution in [2.24, 2.45) is 0 Å². The van der Waals surface area contributed by atoms with E-state index in [-0.39, 0.29) is 22.6 Å². The molecule has 0 bridgehead atoms. The fourth-order valence-corrected chi connectivity index (χ4v) is 4.91. The highest BCUT2D eigenvalue weighted by molar-refractivity contribution is 7.92. The lowest BCUT2D eigenvalue weighted by molar-refractivity contribution is 0.0781. The van der Waals surface area contributed by atoms with Gasteiger partial charge in [0, 0.05) is 18.3 Å². The van der Waals surface area contributed by atoms with Crippen molar-refractivity contribution >= 4 is 32.5 Å². The third-order valence-electron chi connectivity index (χ3n) is 5.42. The summed E-state index contributed by atoms with van der Waals surface area (Å²) < 4.78 is 28.6. The van der Waals surface area contributed by atoms with Gasteiger partial charge in [-0.3, -0.25) is 14.3 Å². The van der Waals surface area contributed by atoms with Crippen molar-refractivity contribution in [3.63, 3.8) is 0 Å². The van der Waals surface area contributed by atoms with Crippen molar-refractivity contribution in [1.82, 2.24) is 14.9 Å². The Kier molecular flexibility index (Phi) is 6.21. The van der Waals surface area contributed by atoms with Crippen molar-refractivity contribution in [1.29, 1.82) is 0 Å². The number of H-pyrrole nitrogens is 1. The molecule has 174 valence electrons. The molecule has 4 rings (SSSR count). The number of rotatable bonds is 6. The Morgan fingerprint density at radius 2 is 1.74 bits per heavy atom. The molecule has 0 saturated heterocycles. The highest BCUT2D eigenvalue weighted by Gasteiger charge is 2.21. The molecule has 0 atom stereocenters. The average molecular weight is 477 g/mol. The second kappa shape index (κ2) is 9.11. The Bertz CT molecular complexity index is 1540. The number of hydrogen-bond acceptors (Lipinski definition) is 5. The molecule has 0 saturated carbocycles. The molecule has 0 aliphatic heterocycles. The van der Waals surface area contributed by atoms with Gasteiger partial charge in [-0.1, -0.05) is 35.9 Å². The highest BCUT2D eigenvalue weighted by Crippen LogP contribution is 2.22. The van der Waals surface area contributed by atoms with Crippen LogP contribution in [0, 0.1) is 13.8 Å². The van der Waals surface area contributed by atoms with E-state index in [2.05, 4.69) is 14.7 Å². The van der Waals surface area contributed by atoms with Gasteiger partial charge in [0.15, 0.2) is 0 Å². The van der Waals surface area contributed by atoms with Gasteiger partial charge in [-0.2, -0.15) is 0 Å². The zero-order chi connectivity index (χ0) is 24.5. The molecule has 9 heteroatoms. The maximum atomic E-state index is 13.1. The number of aryl methyl sites for hydroxylation is 2. The van der Waals surface area contributed by atoms with E-state index < -0.39 is 15.9 Å². The molecule has 0 radical (unpaired) electrons. The molecule has 0 spiro atoms. The molecule has 1 heterocycles. The maximum Gasteiger partial charge on any atom is 0.262 e. The number of benzene rings is 3. The smallest absolute Gasteiger partial charge is 0.262 e. The molecule has 0 fully saturated rings. The summed E-state index contributed by atoms with van der Waals surface area (Å²) in [6.45, 7) is 3.64. The number of fused-ring (bicyclic) bond motifs is 1. The summed E-state index contributed by atoms with van der Waals surface area (Å²) in [5.74, 6) is -0.0665.